The van der Waals surface area contributed by atoms with Crippen LogP contribution in [0.25, 0.3) is 6.08 Å². The Labute approximate surface area is 154 Å². The van der Waals surface area contributed by atoms with Crippen LogP contribution in [-0.4, -0.2) is 24.7 Å². The van der Waals surface area contributed by atoms with Gasteiger partial charge in [-0.1, -0.05) is 50.3 Å². The van der Waals surface area contributed by atoms with Crippen LogP contribution < -0.4 is 15.0 Å². The second-order valence-electron chi connectivity index (χ2n) is 7.38. The summed E-state index contributed by atoms with van der Waals surface area (Å²) in [6.45, 7) is 7.41. The van der Waals surface area contributed by atoms with Gasteiger partial charge < -0.3 is 15.0 Å². The van der Waals surface area contributed by atoms with E-state index in [-0.39, 0.29) is 11.3 Å². The third-order valence-electron chi connectivity index (χ3n) is 5.59. The lowest BCUT2D eigenvalue weighted by molar-refractivity contribution is -0.118. The molecule has 0 unspecified atom stereocenters. The van der Waals surface area contributed by atoms with Gasteiger partial charge in [-0.15, -0.1) is 0 Å². The Balaban J connectivity index is 1.73. The van der Waals surface area contributed by atoms with Gasteiger partial charge in [0.25, 0.3) is 0 Å². The van der Waals surface area contributed by atoms with Crippen LogP contribution in [-0.2, 0) is 10.2 Å². The first-order valence-electron chi connectivity index (χ1n) is 9.08. The minimum atomic E-state index is -0.549. The van der Waals surface area contributed by atoms with Crippen molar-refractivity contribution >= 4 is 17.7 Å². The Bertz CT molecular complexity index is 870. The van der Waals surface area contributed by atoms with Crippen LogP contribution in [0.2, 0.25) is 0 Å². The average molecular weight is 348 g/mol. The predicted molar refractivity (Wildman–Crippen MR) is 104 cm³/mol. The standard InChI is InChI=1S/C22H24N2O2/c1-4-26-17-11-9-16(10-12-17)13-14-22-21(2,3)18-7-5-6-8-19(18)24(22)15-20(25)23-22/h5-14H,4,15H2,1-3H3,(H,23,25)/t22-/m1/s1. The molecule has 0 aliphatic carbocycles. The van der Waals surface area contributed by atoms with Gasteiger partial charge in [0.1, 0.15) is 11.4 Å². The molecule has 2 aliphatic rings. The first-order chi connectivity index (χ1) is 12.5. The molecule has 134 valence electrons. The van der Waals surface area contributed by atoms with Crippen LogP contribution in [0.15, 0.2) is 54.6 Å². The van der Waals surface area contributed by atoms with Crippen LogP contribution in [0.1, 0.15) is 31.9 Å². The molecule has 1 amide bonds. The van der Waals surface area contributed by atoms with E-state index in [1.807, 2.05) is 37.3 Å². The van der Waals surface area contributed by atoms with E-state index >= 15 is 0 Å². The molecule has 0 aromatic heterocycles. The van der Waals surface area contributed by atoms with Crippen LogP contribution in [0, 0.1) is 0 Å². The van der Waals surface area contributed by atoms with Gasteiger partial charge in [-0.05, 0) is 42.3 Å². The molecule has 0 radical (unpaired) electrons. The van der Waals surface area contributed by atoms with E-state index in [0.717, 1.165) is 17.0 Å². The molecule has 2 aromatic rings. The molecule has 0 saturated carbocycles. The van der Waals surface area contributed by atoms with Gasteiger partial charge in [-0.25, -0.2) is 0 Å². The number of nitrogens with zero attached hydrogens (tertiary/aromatic N) is 1. The lowest BCUT2D eigenvalue weighted by atomic mass is 9.75. The van der Waals surface area contributed by atoms with E-state index in [1.54, 1.807) is 0 Å². The van der Waals surface area contributed by atoms with Crippen LogP contribution >= 0.6 is 0 Å². The fourth-order valence-electron chi connectivity index (χ4n) is 4.20. The summed E-state index contributed by atoms with van der Waals surface area (Å²) in [6.07, 6.45) is 4.22. The van der Waals surface area contributed by atoms with Gasteiger partial charge in [-0.2, -0.15) is 0 Å². The normalized spacial score (nSPS) is 23.0. The number of hydrogen-bond acceptors (Lipinski definition) is 3. The predicted octanol–water partition coefficient (Wildman–Crippen LogP) is 3.72. The van der Waals surface area contributed by atoms with Crippen LogP contribution in [0.5, 0.6) is 5.75 Å². The fraction of sp³-hybridized carbons (Fsp3) is 0.318. The Kier molecular flexibility index (Phi) is 3.79. The minimum absolute atomic E-state index is 0.0592. The van der Waals surface area contributed by atoms with Gasteiger partial charge >= 0.3 is 0 Å². The lowest BCUT2D eigenvalue weighted by Gasteiger charge is -2.40. The zero-order valence-corrected chi connectivity index (χ0v) is 15.5. The summed E-state index contributed by atoms with van der Waals surface area (Å²) in [5.74, 6) is 0.927. The molecule has 2 heterocycles. The molecule has 4 heteroatoms. The van der Waals surface area contributed by atoms with Crippen molar-refractivity contribution in [2.45, 2.75) is 31.8 Å². The molecule has 26 heavy (non-hydrogen) atoms. The third kappa shape index (κ3) is 2.32. The highest BCUT2D eigenvalue weighted by atomic mass is 16.5. The SMILES string of the molecule is CCOc1ccc(C=C[C@@]23NC(=O)CN2c2ccccc2C3(C)C)cc1. The van der Waals surface area contributed by atoms with Crippen molar-refractivity contribution in [3.05, 3.63) is 65.7 Å². The van der Waals surface area contributed by atoms with Crippen molar-refractivity contribution in [1.29, 1.82) is 0 Å². The van der Waals surface area contributed by atoms with Crippen molar-refractivity contribution in [2.24, 2.45) is 0 Å². The smallest absolute Gasteiger partial charge is 0.241 e. The zero-order valence-electron chi connectivity index (χ0n) is 15.5. The fourth-order valence-corrected chi connectivity index (χ4v) is 4.20. The molecule has 4 nitrogen and oxygen atoms in total. The number of fused-ring (bicyclic) bond motifs is 3. The minimum Gasteiger partial charge on any atom is -0.494 e. The molecule has 0 bridgehead atoms. The highest BCUT2D eigenvalue weighted by Gasteiger charge is 2.59. The number of benzene rings is 2. The van der Waals surface area contributed by atoms with Crippen molar-refractivity contribution < 1.29 is 9.53 Å². The number of anilines is 1. The number of carbonyl (C=O) groups is 1. The largest absolute Gasteiger partial charge is 0.494 e. The maximum Gasteiger partial charge on any atom is 0.241 e. The summed E-state index contributed by atoms with van der Waals surface area (Å²) in [6, 6.07) is 16.4. The van der Waals surface area contributed by atoms with Gasteiger partial charge in [0.15, 0.2) is 0 Å². The number of ether oxygens (including phenoxy) is 1. The Morgan fingerprint density at radius 2 is 1.88 bits per heavy atom. The molecule has 1 fully saturated rings. The summed E-state index contributed by atoms with van der Waals surface area (Å²) >= 11 is 0. The van der Waals surface area contributed by atoms with Crippen LogP contribution in [0.4, 0.5) is 5.69 Å². The monoisotopic (exact) mass is 348 g/mol. The summed E-state index contributed by atoms with van der Waals surface area (Å²) in [4.78, 5) is 14.5. The van der Waals surface area contributed by atoms with E-state index in [1.165, 1.54) is 5.56 Å². The van der Waals surface area contributed by atoms with E-state index in [2.05, 4.69) is 54.4 Å². The molecular weight excluding hydrogens is 324 g/mol. The second kappa shape index (κ2) is 5.90. The van der Waals surface area contributed by atoms with E-state index < -0.39 is 5.66 Å². The van der Waals surface area contributed by atoms with Crippen molar-refractivity contribution in [3.8, 4) is 5.75 Å². The number of carbonyl (C=O) groups excluding carboxylic acids is 1. The van der Waals surface area contributed by atoms with Crippen molar-refractivity contribution in [3.63, 3.8) is 0 Å². The molecule has 1 saturated heterocycles. The number of nitrogens with one attached hydrogen (secondary N) is 1. The summed E-state index contributed by atoms with van der Waals surface area (Å²) in [5, 5.41) is 3.24. The Morgan fingerprint density at radius 3 is 2.62 bits per heavy atom. The maximum absolute atomic E-state index is 12.3. The number of amides is 1. The molecule has 0 spiro atoms. The van der Waals surface area contributed by atoms with Crippen molar-refractivity contribution in [2.75, 3.05) is 18.1 Å². The maximum atomic E-state index is 12.3. The molecule has 4 rings (SSSR count). The summed E-state index contributed by atoms with van der Waals surface area (Å²) in [5.41, 5.74) is 2.68. The highest BCUT2D eigenvalue weighted by Crippen LogP contribution is 2.52. The molecule has 2 aromatic carbocycles. The topological polar surface area (TPSA) is 41.6 Å². The quantitative estimate of drug-likeness (QED) is 0.915. The van der Waals surface area contributed by atoms with Crippen LogP contribution in [0.3, 0.4) is 0 Å². The summed E-state index contributed by atoms with van der Waals surface area (Å²) < 4.78 is 5.51. The molecule has 2 aliphatic heterocycles. The first kappa shape index (κ1) is 16.7. The van der Waals surface area contributed by atoms with E-state index in [4.69, 9.17) is 4.74 Å². The number of hydrogen-bond donors (Lipinski definition) is 1. The molecule has 1 N–H and O–H groups in total. The summed E-state index contributed by atoms with van der Waals surface area (Å²) in [7, 11) is 0. The van der Waals surface area contributed by atoms with Gasteiger partial charge in [-0.3, -0.25) is 4.79 Å². The number of rotatable bonds is 4. The lowest BCUT2D eigenvalue weighted by Crippen LogP contribution is -2.58. The second-order valence-corrected chi connectivity index (χ2v) is 7.38. The van der Waals surface area contributed by atoms with Gasteiger partial charge in [0.2, 0.25) is 5.91 Å². The van der Waals surface area contributed by atoms with Gasteiger partial charge in [0.05, 0.1) is 13.2 Å². The van der Waals surface area contributed by atoms with E-state index in [9.17, 15) is 4.79 Å². The van der Waals surface area contributed by atoms with Gasteiger partial charge in [0, 0.05) is 11.1 Å². The highest BCUT2D eigenvalue weighted by molar-refractivity contribution is 5.91. The number of para-hydroxylation sites is 1. The third-order valence-corrected chi connectivity index (χ3v) is 5.59. The molecular formula is C22H24N2O2. The van der Waals surface area contributed by atoms with Crippen molar-refractivity contribution in [1.82, 2.24) is 5.32 Å². The zero-order chi connectivity index (χ0) is 18.4. The average Bonchev–Trinajstić information content (AvgIpc) is 3.06. The first-order valence-corrected chi connectivity index (χ1v) is 9.08. The Morgan fingerprint density at radius 1 is 1.15 bits per heavy atom. The van der Waals surface area contributed by atoms with E-state index in [0.29, 0.717) is 13.2 Å². The Hall–Kier alpha value is -2.75. The molecule has 1 atom stereocenters.